The number of piperazine rings is 1. The van der Waals surface area contributed by atoms with Crippen molar-refractivity contribution in [1.29, 1.82) is 0 Å². The highest BCUT2D eigenvalue weighted by Gasteiger charge is 2.44. The van der Waals surface area contributed by atoms with Gasteiger partial charge < -0.3 is 24.1 Å². The third-order valence-electron chi connectivity index (χ3n) is 6.88. The molecule has 2 aliphatic heterocycles. The van der Waals surface area contributed by atoms with Crippen molar-refractivity contribution in [3.8, 4) is 11.5 Å². The van der Waals surface area contributed by atoms with Crippen LogP contribution in [0.1, 0.15) is 52.2 Å². The molecule has 0 radical (unpaired) electrons. The zero-order chi connectivity index (χ0) is 26.8. The Labute approximate surface area is 219 Å². The number of hydrogen-bond acceptors (Lipinski definition) is 6. The van der Waals surface area contributed by atoms with E-state index in [1.54, 1.807) is 4.90 Å². The van der Waals surface area contributed by atoms with Crippen LogP contribution in [0.3, 0.4) is 0 Å². The number of carboxylic acid groups (broad SMARTS) is 1. The van der Waals surface area contributed by atoms with Crippen LogP contribution >= 0.6 is 0 Å². The second-order valence-electron chi connectivity index (χ2n) is 11.7. The average Bonchev–Trinajstić information content (AvgIpc) is 3.13. The molecule has 8 heteroatoms. The molecule has 2 heterocycles. The van der Waals surface area contributed by atoms with E-state index in [9.17, 15) is 14.7 Å². The van der Waals surface area contributed by atoms with Crippen molar-refractivity contribution in [1.82, 2.24) is 4.90 Å². The Morgan fingerprint density at radius 2 is 1.86 bits per heavy atom. The van der Waals surface area contributed by atoms with Crippen molar-refractivity contribution in [2.45, 2.75) is 71.2 Å². The van der Waals surface area contributed by atoms with E-state index in [0.29, 0.717) is 18.8 Å². The lowest BCUT2D eigenvalue weighted by molar-refractivity contribution is -0.895. The Morgan fingerprint density at radius 1 is 1.14 bits per heavy atom. The highest BCUT2D eigenvalue weighted by atomic mass is 16.6. The van der Waals surface area contributed by atoms with Gasteiger partial charge in [0.15, 0.2) is 11.5 Å². The molecule has 1 unspecified atom stereocenters. The first-order valence-corrected chi connectivity index (χ1v) is 12.9. The lowest BCUT2D eigenvalue weighted by atomic mass is 10.0. The van der Waals surface area contributed by atoms with E-state index in [2.05, 4.69) is 0 Å². The fourth-order valence-corrected chi connectivity index (χ4v) is 5.20. The van der Waals surface area contributed by atoms with E-state index in [1.165, 1.54) is 0 Å². The molecule has 0 spiro atoms. The molecule has 2 amide bonds. The summed E-state index contributed by atoms with van der Waals surface area (Å²) in [5, 5.41) is 12.5. The summed E-state index contributed by atoms with van der Waals surface area (Å²) in [6, 6.07) is 15.0. The summed E-state index contributed by atoms with van der Waals surface area (Å²) in [5.41, 5.74) is 1.06. The van der Waals surface area contributed by atoms with Crippen molar-refractivity contribution in [3.63, 3.8) is 0 Å². The van der Waals surface area contributed by atoms with Crippen LogP contribution in [0.5, 0.6) is 11.5 Å². The van der Waals surface area contributed by atoms with Gasteiger partial charge in [0.2, 0.25) is 0 Å². The maximum Gasteiger partial charge on any atom is 0.410 e. The van der Waals surface area contributed by atoms with Gasteiger partial charge in [-0.15, -0.1) is 0 Å². The summed E-state index contributed by atoms with van der Waals surface area (Å²) < 4.78 is 17.7. The molecule has 1 fully saturated rings. The first-order chi connectivity index (χ1) is 17.4. The second-order valence-corrected chi connectivity index (χ2v) is 11.7. The van der Waals surface area contributed by atoms with Crippen molar-refractivity contribution in [2.75, 3.05) is 26.2 Å². The van der Waals surface area contributed by atoms with E-state index in [4.69, 9.17) is 14.2 Å². The van der Waals surface area contributed by atoms with Crippen LogP contribution in [-0.4, -0.2) is 65.1 Å². The first kappa shape index (κ1) is 26.8. The van der Waals surface area contributed by atoms with Crippen molar-refractivity contribution < 1.29 is 33.4 Å². The topological polar surface area (TPSA) is 88.1 Å². The number of hydrogen-bond donors (Lipinski definition) is 0. The monoisotopic (exact) mass is 510 g/mol. The number of ether oxygens (including phenoxy) is 3. The third kappa shape index (κ3) is 6.36. The smallest absolute Gasteiger partial charge is 0.410 e. The normalized spacial score (nSPS) is 22.6. The summed E-state index contributed by atoms with van der Waals surface area (Å²) in [4.78, 5) is 27.2. The molecule has 0 saturated carbocycles. The maximum atomic E-state index is 13.1. The predicted octanol–water partition coefficient (Wildman–Crippen LogP) is 4.15. The standard InChI is InChI=1S/C29H38N2O6/c1-28(2,3)37-26(32)30-15-16-31(27(33)34,19-21-10-7-6-8-11-21)20-23(30)14-17-35-24-13-9-12-22-18-29(4,5)36-25(22)24/h6-13,23H,14-20H2,1-5H3/t23-,31?/m1/s1. The number of rotatable bonds is 6. The van der Waals surface area contributed by atoms with Crippen LogP contribution in [0.25, 0.3) is 0 Å². The molecule has 2 aromatic carbocycles. The number of fused-ring (bicyclic) bond motifs is 1. The number of carbonyl (C=O) groups is 2. The summed E-state index contributed by atoms with van der Waals surface area (Å²) in [6.07, 6.45) is -0.345. The molecule has 0 bridgehead atoms. The number of amides is 2. The van der Waals surface area contributed by atoms with Gasteiger partial charge in [0, 0.05) is 24.0 Å². The van der Waals surface area contributed by atoms with Crippen LogP contribution in [-0.2, 0) is 17.7 Å². The summed E-state index contributed by atoms with van der Waals surface area (Å²) in [7, 11) is 0. The molecule has 1 saturated heterocycles. The van der Waals surface area contributed by atoms with Gasteiger partial charge in [0.1, 0.15) is 30.8 Å². The van der Waals surface area contributed by atoms with Crippen molar-refractivity contribution >= 4 is 12.2 Å². The number of para-hydroxylation sites is 1. The van der Waals surface area contributed by atoms with Gasteiger partial charge in [0.25, 0.3) is 6.09 Å². The van der Waals surface area contributed by atoms with Gasteiger partial charge >= 0.3 is 6.09 Å². The Balaban J connectivity index is 1.52. The van der Waals surface area contributed by atoms with E-state index >= 15 is 0 Å². The second kappa shape index (κ2) is 10.2. The summed E-state index contributed by atoms with van der Waals surface area (Å²) in [5.74, 6) is 1.41. The molecule has 8 nitrogen and oxygen atoms in total. The molecule has 2 aliphatic rings. The molecule has 37 heavy (non-hydrogen) atoms. The first-order valence-electron chi connectivity index (χ1n) is 12.9. The summed E-state index contributed by atoms with van der Waals surface area (Å²) >= 11 is 0. The summed E-state index contributed by atoms with van der Waals surface area (Å²) in [6.45, 7) is 10.8. The lowest BCUT2D eigenvalue weighted by Crippen LogP contribution is -2.69. The van der Waals surface area contributed by atoms with Gasteiger partial charge in [0.05, 0.1) is 19.2 Å². The van der Waals surface area contributed by atoms with Gasteiger partial charge in [-0.2, -0.15) is 0 Å². The van der Waals surface area contributed by atoms with Crippen LogP contribution in [0.15, 0.2) is 48.5 Å². The van der Waals surface area contributed by atoms with Crippen LogP contribution in [0.2, 0.25) is 0 Å². The molecule has 0 aromatic heterocycles. The Hall–Kier alpha value is -3.26. The minimum absolute atomic E-state index is 0.205. The highest BCUT2D eigenvalue weighted by molar-refractivity contribution is 5.69. The minimum Gasteiger partial charge on any atom is -0.498 e. The van der Waals surface area contributed by atoms with E-state index < -0.39 is 23.8 Å². The number of quaternary nitrogens is 1. The largest absolute Gasteiger partial charge is 0.498 e. The van der Waals surface area contributed by atoms with Crippen LogP contribution < -0.4 is 14.6 Å². The zero-order valence-corrected chi connectivity index (χ0v) is 22.5. The minimum atomic E-state index is -1.14. The molecule has 2 aromatic rings. The molecular formula is C29H38N2O6. The van der Waals surface area contributed by atoms with Crippen LogP contribution in [0, 0.1) is 0 Å². The van der Waals surface area contributed by atoms with Crippen molar-refractivity contribution in [3.05, 3.63) is 59.7 Å². The Bertz CT molecular complexity index is 1130. The SMILES string of the molecule is CC(C)(C)OC(=O)N1CC[N+](Cc2ccccc2)(C(=O)[O-])C[C@H]1CCOc1cccc2c1OC(C)(C)C2. The average molecular weight is 511 g/mol. The van der Waals surface area contributed by atoms with Crippen LogP contribution in [0.4, 0.5) is 9.59 Å². The number of benzene rings is 2. The van der Waals surface area contributed by atoms with E-state index in [1.807, 2.05) is 83.1 Å². The lowest BCUT2D eigenvalue weighted by Gasteiger charge is -2.48. The zero-order valence-electron chi connectivity index (χ0n) is 22.5. The van der Waals surface area contributed by atoms with Crippen molar-refractivity contribution in [2.24, 2.45) is 0 Å². The maximum absolute atomic E-state index is 13.1. The molecule has 200 valence electrons. The van der Waals surface area contributed by atoms with E-state index in [-0.39, 0.29) is 36.3 Å². The predicted molar refractivity (Wildman–Crippen MR) is 137 cm³/mol. The molecule has 0 aliphatic carbocycles. The van der Waals surface area contributed by atoms with Gasteiger partial charge in [-0.1, -0.05) is 42.5 Å². The van der Waals surface area contributed by atoms with Gasteiger partial charge in [-0.05, 0) is 40.7 Å². The molecule has 2 atom stereocenters. The fraction of sp³-hybridized carbons (Fsp3) is 0.517. The van der Waals surface area contributed by atoms with E-state index in [0.717, 1.165) is 23.3 Å². The van der Waals surface area contributed by atoms with Gasteiger partial charge in [-0.25, -0.2) is 4.79 Å². The molecule has 4 rings (SSSR count). The molecule has 0 N–H and O–H groups in total. The number of nitrogens with zero attached hydrogens (tertiary/aromatic N) is 2. The fourth-order valence-electron chi connectivity index (χ4n) is 5.20. The number of carbonyl (C=O) groups excluding carboxylic acids is 2. The molecular weight excluding hydrogens is 472 g/mol. The highest BCUT2D eigenvalue weighted by Crippen LogP contribution is 2.41. The quantitative estimate of drug-likeness (QED) is 0.543. The third-order valence-corrected chi connectivity index (χ3v) is 6.88. The van der Waals surface area contributed by atoms with Gasteiger partial charge in [-0.3, -0.25) is 9.38 Å². The Morgan fingerprint density at radius 3 is 2.54 bits per heavy atom. The Kier molecular flexibility index (Phi) is 7.42.